The van der Waals surface area contributed by atoms with Crippen LogP contribution < -0.4 is 20.1 Å². The molecule has 2 aliphatic heterocycles. The van der Waals surface area contributed by atoms with Gasteiger partial charge in [0, 0.05) is 42.7 Å². The molecule has 2 aliphatic rings. The van der Waals surface area contributed by atoms with Crippen molar-refractivity contribution in [2.24, 2.45) is 4.99 Å². The maximum Gasteiger partial charge on any atom is 0.244 e. The highest BCUT2D eigenvalue weighted by Crippen LogP contribution is 2.32. The van der Waals surface area contributed by atoms with Crippen molar-refractivity contribution in [1.82, 2.24) is 10.2 Å². The number of carbonyl (C=O) groups excluding carboxylic acids is 1. The number of thiophene rings is 1. The first-order chi connectivity index (χ1) is 15.3. The van der Waals surface area contributed by atoms with Gasteiger partial charge in [-0.25, -0.2) is 4.99 Å². The highest BCUT2D eigenvalue weighted by Gasteiger charge is 2.16. The third-order valence-corrected chi connectivity index (χ3v) is 6.27. The molecule has 1 aromatic carbocycles. The lowest BCUT2D eigenvalue weighted by molar-refractivity contribution is -0.130. The summed E-state index contributed by atoms with van der Waals surface area (Å²) < 4.78 is 11.5. The summed E-state index contributed by atoms with van der Waals surface area (Å²) in [6.45, 7) is 3.85. The van der Waals surface area contributed by atoms with E-state index in [4.69, 9.17) is 9.47 Å². The number of fused-ring (bicyclic) bond motifs is 1. The normalized spacial score (nSPS) is 16.0. The van der Waals surface area contributed by atoms with Crippen molar-refractivity contribution in [2.45, 2.75) is 32.1 Å². The highest BCUT2D eigenvalue weighted by molar-refractivity contribution is 14.0. The molecule has 1 saturated heterocycles. The minimum absolute atomic E-state index is 0. The van der Waals surface area contributed by atoms with E-state index >= 15 is 0 Å². The number of likely N-dealkylation sites (tertiary alicyclic amines) is 1. The molecule has 0 unspecified atom stereocenters. The Balaban J connectivity index is 0.00000289. The highest BCUT2D eigenvalue weighted by atomic mass is 127. The summed E-state index contributed by atoms with van der Waals surface area (Å²) in [5.41, 5.74) is 0.844. The molecule has 1 fully saturated rings. The SMILES string of the molecule is I.O=C(CN=C(NCCc1cccs1)Nc1ccc2c(c1)OCCCO2)N1CCCCC1. The van der Waals surface area contributed by atoms with Gasteiger partial charge in [-0.15, -0.1) is 35.3 Å². The van der Waals surface area contributed by atoms with Crippen LogP contribution in [0.1, 0.15) is 30.6 Å². The molecule has 0 radical (unpaired) electrons. The summed E-state index contributed by atoms with van der Waals surface area (Å²) in [6.07, 6.45) is 5.13. The van der Waals surface area contributed by atoms with E-state index in [1.54, 1.807) is 11.3 Å². The van der Waals surface area contributed by atoms with Crippen molar-refractivity contribution in [3.05, 3.63) is 40.6 Å². The molecule has 4 rings (SSSR count). The van der Waals surface area contributed by atoms with Crippen LogP contribution >= 0.6 is 35.3 Å². The van der Waals surface area contributed by atoms with E-state index < -0.39 is 0 Å². The first-order valence-corrected chi connectivity index (χ1v) is 11.9. The van der Waals surface area contributed by atoms with Crippen LogP contribution in [0.25, 0.3) is 0 Å². The van der Waals surface area contributed by atoms with Gasteiger partial charge in [-0.3, -0.25) is 4.79 Å². The Morgan fingerprint density at radius 2 is 1.88 bits per heavy atom. The van der Waals surface area contributed by atoms with E-state index in [0.717, 1.165) is 62.5 Å². The van der Waals surface area contributed by atoms with Gasteiger partial charge in [-0.05, 0) is 49.3 Å². The Labute approximate surface area is 210 Å². The van der Waals surface area contributed by atoms with E-state index in [0.29, 0.717) is 19.2 Å². The summed E-state index contributed by atoms with van der Waals surface area (Å²) >= 11 is 1.74. The van der Waals surface area contributed by atoms with E-state index in [9.17, 15) is 4.79 Å². The molecule has 32 heavy (non-hydrogen) atoms. The van der Waals surface area contributed by atoms with Crippen LogP contribution in [-0.4, -0.2) is 56.2 Å². The van der Waals surface area contributed by atoms with Gasteiger partial charge in [0.15, 0.2) is 17.5 Å². The van der Waals surface area contributed by atoms with Crippen LogP contribution in [0.4, 0.5) is 5.69 Å². The lowest BCUT2D eigenvalue weighted by Gasteiger charge is -2.26. The molecule has 174 valence electrons. The van der Waals surface area contributed by atoms with E-state index in [2.05, 4.69) is 33.1 Å². The Morgan fingerprint density at radius 3 is 2.66 bits per heavy atom. The zero-order valence-electron chi connectivity index (χ0n) is 18.2. The molecule has 1 amide bonds. The van der Waals surface area contributed by atoms with Gasteiger partial charge < -0.3 is 25.0 Å². The van der Waals surface area contributed by atoms with Crippen molar-refractivity contribution in [3.63, 3.8) is 0 Å². The molecule has 0 saturated carbocycles. The minimum Gasteiger partial charge on any atom is -0.490 e. The first kappa shape index (κ1) is 24.6. The Kier molecular flexibility index (Phi) is 9.91. The smallest absolute Gasteiger partial charge is 0.244 e. The second kappa shape index (κ2) is 12.9. The van der Waals surface area contributed by atoms with Crippen LogP contribution in [-0.2, 0) is 11.2 Å². The summed E-state index contributed by atoms with van der Waals surface area (Å²) in [4.78, 5) is 20.4. The maximum absolute atomic E-state index is 12.6. The maximum atomic E-state index is 12.6. The molecular formula is C23H31IN4O3S. The molecule has 7 nitrogen and oxygen atoms in total. The van der Waals surface area contributed by atoms with Crippen LogP contribution in [0.15, 0.2) is 40.7 Å². The molecule has 0 atom stereocenters. The lowest BCUT2D eigenvalue weighted by Crippen LogP contribution is -2.38. The van der Waals surface area contributed by atoms with E-state index in [1.165, 1.54) is 11.3 Å². The van der Waals surface area contributed by atoms with Gasteiger partial charge in [0.1, 0.15) is 6.54 Å². The fraction of sp³-hybridized carbons (Fsp3) is 0.478. The standard InChI is InChI=1S/C23H30N4O3S.HI/c28-22(27-11-2-1-3-12-27)17-25-23(24-10-9-19-6-4-15-31-19)26-18-7-8-20-21(16-18)30-14-5-13-29-20;/h4,6-8,15-16H,1-3,5,9-14,17H2,(H2,24,25,26);1H. The summed E-state index contributed by atoms with van der Waals surface area (Å²) in [6, 6.07) is 9.95. The second-order valence-electron chi connectivity index (χ2n) is 7.70. The van der Waals surface area contributed by atoms with Gasteiger partial charge in [-0.1, -0.05) is 6.07 Å². The molecule has 0 aliphatic carbocycles. The largest absolute Gasteiger partial charge is 0.490 e. The van der Waals surface area contributed by atoms with Crippen LogP contribution in [0.3, 0.4) is 0 Å². The summed E-state index contributed by atoms with van der Waals surface area (Å²) in [7, 11) is 0. The number of hydrogen-bond donors (Lipinski definition) is 2. The van der Waals surface area contributed by atoms with Crippen molar-refractivity contribution in [3.8, 4) is 11.5 Å². The van der Waals surface area contributed by atoms with Crippen molar-refractivity contribution in [2.75, 3.05) is 44.7 Å². The Morgan fingerprint density at radius 1 is 1.06 bits per heavy atom. The number of guanidine groups is 1. The number of anilines is 1. The average molecular weight is 570 g/mol. The zero-order valence-corrected chi connectivity index (χ0v) is 21.3. The minimum atomic E-state index is 0. The number of hydrogen-bond acceptors (Lipinski definition) is 5. The number of halogens is 1. The number of benzene rings is 1. The molecule has 9 heteroatoms. The number of carbonyl (C=O) groups is 1. The fourth-order valence-electron chi connectivity index (χ4n) is 3.67. The number of aliphatic imine (C=N–C) groups is 1. The van der Waals surface area contributed by atoms with Gasteiger partial charge >= 0.3 is 0 Å². The monoisotopic (exact) mass is 570 g/mol. The van der Waals surface area contributed by atoms with Crippen molar-refractivity contribution >= 4 is 52.9 Å². The predicted octanol–water partition coefficient (Wildman–Crippen LogP) is 4.14. The fourth-order valence-corrected chi connectivity index (χ4v) is 4.38. The number of nitrogens with zero attached hydrogens (tertiary/aromatic N) is 2. The van der Waals surface area contributed by atoms with Crippen molar-refractivity contribution < 1.29 is 14.3 Å². The van der Waals surface area contributed by atoms with Gasteiger partial charge in [0.05, 0.1) is 13.2 Å². The summed E-state index contributed by atoms with van der Waals surface area (Å²) in [5.74, 6) is 2.16. The van der Waals surface area contributed by atoms with Gasteiger partial charge in [0.2, 0.25) is 5.91 Å². The van der Waals surface area contributed by atoms with Crippen molar-refractivity contribution in [1.29, 1.82) is 0 Å². The second-order valence-corrected chi connectivity index (χ2v) is 8.73. The molecule has 0 bridgehead atoms. The zero-order chi connectivity index (χ0) is 21.3. The average Bonchev–Trinajstić information content (AvgIpc) is 3.21. The number of amides is 1. The number of rotatable bonds is 6. The number of nitrogens with one attached hydrogen (secondary N) is 2. The topological polar surface area (TPSA) is 75.2 Å². The van der Waals surface area contributed by atoms with Crippen LogP contribution in [0.2, 0.25) is 0 Å². The molecule has 3 heterocycles. The van der Waals surface area contributed by atoms with Gasteiger partial charge in [-0.2, -0.15) is 0 Å². The Bertz CT molecular complexity index is 885. The summed E-state index contributed by atoms with van der Waals surface area (Å²) in [5, 5.41) is 8.76. The van der Waals surface area contributed by atoms with E-state index in [1.807, 2.05) is 23.1 Å². The number of piperidine rings is 1. The first-order valence-electron chi connectivity index (χ1n) is 11.0. The predicted molar refractivity (Wildman–Crippen MR) is 140 cm³/mol. The number of ether oxygens (including phenoxy) is 2. The third-order valence-electron chi connectivity index (χ3n) is 5.34. The molecule has 1 aromatic heterocycles. The molecular weight excluding hydrogens is 539 g/mol. The quantitative estimate of drug-likeness (QED) is 0.310. The van der Waals surface area contributed by atoms with Crippen LogP contribution in [0.5, 0.6) is 11.5 Å². The molecule has 2 N–H and O–H groups in total. The van der Waals surface area contributed by atoms with Crippen LogP contribution in [0, 0.1) is 0 Å². The third kappa shape index (κ3) is 7.26. The Hall–Kier alpha value is -2.01. The molecule has 2 aromatic rings. The lowest BCUT2D eigenvalue weighted by atomic mass is 10.1. The van der Waals surface area contributed by atoms with E-state index in [-0.39, 0.29) is 36.4 Å². The molecule has 0 spiro atoms. The van der Waals surface area contributed by atoms with Gasteiger partial charge in [0.25, 0.3) is 0 Å².